The van der Waals surface area contributed by atoms with Crippen LogP contribution in [0.4, 0.5) is 0 Å². The predicted octanol–water partition coefficient (Wildman–Crippen LogP) is 0.153. The van der Waals surface area contributed by atoms with Crippen molar-refractivity contribution in [3.8, 4) is 0 Å². The summed E-state index contributed by atoms with van der Waals surface area (Å²) in [7, 11) is 0. The van der Waals surface area contributed by atoms with E-state index in [9.17, 15) is 9.59 Å². The standard InChI is InChI=1S/C7H11NO3/c1-2-3-4-8-6(9)5-7(10)11/h2H,1,3-5H2,(H,8,9)(H,10,11). The summed E-state index contributed by atoms with van der Waals surface area (Å²) in [5.41, 5.74) is 0. The van der Waals surface area contributed by atoms with E-state index in [0.717, 1.165) is 0 Å². The Labute approximate surface area is 64.9 Å². The zero-order chi connectivity index (χ0) is 8.69. The van der Waals surface area contributed by atoms with E-state index < -0.39 is 18.3 Å². The van der Waals surface area contributed by atoms with Gasteiger partial charge < -0.3 is 10.4 Å². The van der Waals surface area contributed by atoms with Gasteiger partial charge in [0.2, 0.25) is 5.91 Å². The molecule has 0 saturated heterocycles. The zero-order valence-electron chi connectivity index (χ0n) is 6.17. The Kier molecular flexibility index (Phi) is 4.81. The minimum absolute atomic E-state index is 0.454. The second-order valence-corrected chi connectivity index (χ2v) is 2.00. The maximum Gasteiger partial charge on any atom is 0.312 e. The lowest BCUT2D eigenvalue weighted by Crippen LogP contribution is -2.26. The van der Waals surface area contributed by atoms with Gasteiger partial charge in [-0.2, -0.15) is 0 Å². The molecule has 0 saturated carbocycles. The Balaban J connectivity index is 3.37. The SMILES string of the molecule is C=CCCNC(=O)CC(=O)O. The summed E-state index contributed by atoms with van der Waals surface area (Å²) < 4.78 is 0. The van der Waals surface area contributed by atoms with Gasteiger partial charge in [0.25, 0.3) is 0 Å². The lowest BCUT2D eigenvalue weighted by Gasteiger charge is -1.98. The van der Waals surface area contributed by atoms with Gasteiger partial charge in [0, 0.05) is 6.54 Å². The second-order valence-electron chi connectivity index (χ2n) is 2.00. The molecular formula is C7H11NO3. The maximum absolute atomic E-state index is 10.6. The largest absolute Gasteiger partial charge is 0.481 e. The summed E-state index contributed by atoms with van der Waals surface area (Å²) in [6.45, 7) is 3.90. The fraction of sp³-hybridized carbons (Fsp3) is 0.429. The van der Waals surface area contributed by atoms with E-state index in [1.165, 1.54) is 0 Å². The summed E-state index contributed by atoms with van der Waals surface area (Å²) >= 11 is 0. The van der Waals surface area contributed by atoms with E-state index in [0.29, 0.717) is 13.0 Å². The van der Waals surface area contributed by atoms with Crippen LogP contribution < -0.4 is 5.32 Å². The Hall–Kier alpha value is -1.32. The van der Waals surface area contributed by atoms with Gasteiger partial charge in [-0.1, -0.05) is 6.08 Å². The van der Waals surface area contributed by atoms with Crippen molar-refractivity contribution in [2.75, 3.05) is 6.54 Å². The molecule has 0 unspecified atom stereocenters. The molecule has 0 bridgehead atoms. The first-order chi connectivity index (χ1) is 5.16. The van der Waals surface area contributed by atoms with E-state index in [4.69, 9.17) is 5.11 Å². The Morgan fingerprint density at radius 1 is 1.55 bits per heavy atom. The molecule has 0 heterocycles. The highest BCUT2D eigenvalue weighted by Crippen LogP contribution is 1.80. The van der Waals surface area contributed by atoms with E-state index in [2.05, 4.69) is 11.9 Å². The average Bonchev–Trinajstić information content (AvgIpc) is 1.86. The lowest BCUT2D eigenvalue weighted by atomic mass is 10.4. The monoisotopic (exact) mass is 157 g/mol. The third-order valence-corrected chi connectivity index (χ3v) is 0.982. The van der Waals surface area contributed by atoms with Crippen molar-refractivity contribution in [1.29, 1.82) is 0 Å². The normalized spacial score (nSPS) is 8.73. The van der Waals surface area contributed by atoms with Gasteiger partial charge in [-0.15, -0.1) is 6.58 Å². The molecule has 4 heteroatoms. The number of carbonyl (C=O) groups excluding carboxylic acids is 1. The van der Waals surface area contributed by atoms with Crippen LogP contribution in [0.25, 0.3) is 0 Å². The molecule has 0 fully saturated rings. The number of hydrogen-bond acceptors (Lipinski definition) is 2. The number of aliphatic carboxylic acids is 1. The number of carboxylic acids is 1. The average molecular weight is 157 g/mol. The maximum atomic E-state index is 10.6. The Bertz CT molecular complexity index is 165. The van der Waals surface area contributed by atoms with Crippen LogP contribution in [0.5, 0.6) is 0 Å². The van der Waals surface area contributed by atoms with Gasteiger partial charge >= 0.3 is 5.97 Å². The molecule has 62 valence electrons. The molecule has 2 N–H and O–H groups in total. The summed E-state index contributed by atoms with van der Waals surface area (Å²) in [5.74, 6) is -1.57. The molecule has 0 aliphatic heterocycles. The Morgan fingerprint density at radius 3 is 2.64 bits per heavy atom. The van der Waals surface area contributed by atoms with Crippen LogP contribution in [0, 0.1) is 0 Å². The fourth-order valence-corrected chi connectivity index (χ4v) is 0.514. The first kappa shape index (κ1) is 9.68. The molecule has 0 radical (unpaired) electrons. The fourth-order valence-electron chi connectivity index (χ4n) is 0.514. The molecule has 1 amide bonds. The molecule has 0 aromatic rings. The molecule has 0 aromatic heterocycles. The smallest absolute Gasteiger partial charge is 0.312 e. The minimum Gasteiger partial charge on any atom is -0.481 e. The van der Waals surface area contributed by atoms with Gasteiger partial charge in [0.15, 0.2) is 0 Å². The molecule has 0 spiro atoms. The van der Waals surface area contributed by atoms with Crippen LogP contribution in [0.2, 0.25) is 0 Å². The van der Waals surface area contributed by atoms with Crippen molar-refractivity contribution in [2.24, 2.45) is 0 Å². The van der Waals surface area contributed by atoms with Crippen molar-refractivity contribution in [3.05, 3.63) is 12.7 Å². The van der Waals surface area contributed by atoms with Gasteiger partial charge in [-0.05, 0) is 6.42 Å². The third-order valence-electron chi connectivity index (χ3n) is 0.982. The molecule has 0 aliphatic rings. The molecule has 0 atom stereocenters. The highest BCUT2D eigenvalue weighted by atomic mass is 16.4. The van der Waals surface area contributed by atoms with Crippen LogP contribution in [-0.2, 0) is 9.59 Å². The molecule has 11 heavy (non-hydrogen) atoms. The van der Waals surface area contributed by atoms with Crippen molar-refractivity contribution in [2.45, 2.75) is 12.8 Å². The summed E-state index contributed by atoms with van der Waals surface area (Å²) in [5, 5.41) is 10.6. The first-order valence-electron chi connectivity index (χ1n) is 3.26. The lowest BCUT2D eigenvalue weighted by molar-refractivity contribution is -0.140. The second kappa shape index (κ2) is 5.46. The van der Waals surface area contributed by atoms with Crippen LogP contribution in [0.3, 0.4) is 0 Å². The number of hydrogen-bond donors (Lipinski definition) is 2. The van der Waals surface area contributed by atoms with Gasteiger partial charge in [0.1, 0.15) is 6.42 Å². The minimum atomic E-state index is -1.11. The zero-order valence-corrected chi connectivity index (χ0v) is 6.17. The number of carbonyl (C=O) groups is 2. The van der Waals surface area contributed by atoms with E-state index in [1.54, 1.807) is 6.08 Å². The predicted molar refractivity (Wildman–Crippen MR) is 40.1 cm³/mol. The topological polar surface area (TPSA) is 66.4 Å². The van der Waals surface area contributed by atoms with Crippen LogP contribution in [-0.4, -0.2) is 23.5 Å². The molecule has 4 nitrogen and oxygen atoms in total. The Morgan fingerprint density at radius 2 is 2.18 bits per heavy atom. The van der Waals surface area contributed by atoms with Crippen LogP contribution in [0.15, 0.2) is 12.7 Å². The molecule has 0 aromatic carbocycles. The van der Waals surface area contributed by atoms with Crippen molar-refractivity contribution in [1.82, 2.24) is 5.32 Å². The summed E-state index contributed by atoms with van der Waals surface area (Å²) in [4.78, 5) is 20.6. The van der Waals surface area contributed by atoms with Crippen molar-refractivity contribution >= 4 is 11.9 Å². The number of carboxylic acid groups (broad SMARTS) is 1. The number of rotatable bonds is 5. The van der Waals surface area contributed by atoms with Crippen molar-refractivity contribution < 1.29 is 14.7 Å². The molecule has 0 rings (SSSR count). The molecular weight excluding hydrogens is 146 g/mol. The van der Waals surface area contributed by atoms with Crippen LogP contribution >= 0.6 is 0 Å². The summed E-state index contributed by atoms with van der Waals surface area (Å²) in [6, 6.07) is 0. The van der Waals surface area contributed by atoms with Crippen molar-refractivity contribution in [3.63, 3.8) is 0 Å². The highest BCUT2D eigenvalue weighted by Gasteiger charge is 2.04. The number of amides is 1. The quantitative estimate of drug-likeness (QED) is 0.339. The number of nitrogens with one attached hydrogen (secondary N) is 1. The van der Waals surface area contributed by atoms with E-state index in [-0.39, 0.29) is 0 Å². The van der Waals surface area contributed by atoms with Gasteiger partial charge in [-0.25, -0.2) is 0 Å². The highest BCUT2D eigenvalue weighted by molar-refractivity contribution is 5.93. The third kappa shape index (κ3) is 6.57. The van der Waals surface area contributed by atoms with Crippen LogP contribution in [0.1, 0.15) is 12.8 Å². The van der Waals surface area contributed by atoms with Gasteiger partial charge in [0.05, 0.1) is 0 Å². The van der Waals surface area contributed by atoms with E-state index in [1.807, 2.05) is 0 Å². The molecule has 0 aliphatic carbocycles. The van der Waals surface area contributed by atoms with Gasteiger partial charge in [-0.3, -0.25) is 9.59 Å². The first-order valence-corrected chi connectivity index (χ1v) is 3.26. The summed E-state index contributed by atoms with van der Waals surface area (Å²) in [6.07, 6.45) is 1.85. The van der Waals surface area contributed by atoms with E-state index >= 15 is 0 Å².